The van der Waals surface area contributed by atoms with Gasteiger partial charge in [-0.2, -0.15) is 0 Å². The van der Waals surface area contributed by atoms with Crippen LogP contribution in [-0.2, 0) is 14.8 Å². The second-order valence-electron chi connectivity index (χ2n) is 6.88. The summed E-state index contributed by atoms with van der Waals surface area (Å²) in [5, 5.41) is 0. The largest absolute Gasteiger partial charge is 0.457 e. The molecule has 7 heteroatoms. The van der Waals surface area contributed by atoms with Gasteiger partial charge in [0.2, 0.25) is 15.9 Å². The normalized spacial score (nSPS) is 12.1. The van der Waals surface area contributed by atoms with E-state index in [1.807, 2.05) is 48.5 Å². The lowest BCUT2D eigenvalue weighted by molar-refractivity contribution is -0.119. The molecule has 3 rings (SSSR count). The summed E-state index contributed by atoms with van der Waals surface area (Å²) >= 11 is 0. The van der Waals surface area contributed by atoms with Crippen molar-refractivity contribution in [1.82, 2.24) is 0 Å². The molecule has 0 aliphatic rings. The Hall–Kier alpha value is -3.32. The third-order valence-corrected chi connectivity index (χ3v) is 5.85. The van der Waals surface area contributed by atoms with Crippen molar-refractivity contribution in [3.8, 4) is 11.5 Å². The summed E-state index contributed by atoms with van der Waals surface area (Å²) in [7, 11) is -2.07. The van der Waals surface area contributed by atoms with Crippen molar-refractivity contribution in [2.45, 2.75) is 13.0 Å². The molecule has 3 aromatic carbocycles. The number of benzene rings is 3. The van der Waals surface area contributed by atoms with Crippen LogP contribution in [0.15, 0.2) is 84.9 Å². The molecule has 30 heavy (non-hydrogen) atoms. The van der Waals surface area contributed by atoms with E-state index in [9.17, 15) is 13.2 Å². The van der Waals surface area contributed by atoms with E-state index in [-0.39, 0.29) is 5.91 Å². The quantitative estimate of drug-likeness (QED) is 0.567. The van der Waals surface area contributed by atoms with Gasteiger partial charge in [0, 0.05) is 12.7 Å². The Morgan fingerprint density at radius 2 is 1.30 bits per heavy atom. The molecule has 0 saturated heterocycles. The number of hydrogen-bond donors (Lipinski definition) is 0. The standard InChI is InChI=1S/C23H24N2O4S/c1-18(23(26)24(2)19-10-6-4-7-11-19)25(30(3,27)28)20-14-16-22(17-15-20)29-21-12-8-5-9-13-21/h4-18H,1-3H3/t18-/m1/s1. The maximum atomic E-state index is 13.0. The summed E-state index contributed by atoms with van der Waals surface area (Å²) in [6.45, 7) is 1.58. The van der Waals surface area contributed by atoms with Crippen molar-refractivity contribution in [2.24, 2.45) is 0 Å². The van der Waals surface area contributed by atoms with Crippen molar-refractivity contribution in [2.75, 3.05) is 22.5 Å². The van der Waals surface area contributed by atoms with Crippen LogP contribution in [0.3, 0.4) is 0 Å². The van der Waals surface area contributed by atoms with Gasteiger partial charge >= 0.3 is 0 Å². The minimum Gasteiger partial charge on any atom is -0.457 e. The Bertz CT molecular complexity index is 1090. The first-order valence-corrected chi connectivity index (χ1v) is 11.3. The highest BCUT2D eigenvalue weighted by Crippen LogP contribution is 2.27. The number of sulfonamides is 1. The maximum absolute atomic E-state index is 13.0. The number of carbonyl (C=O) groups excluding carboxylic acids is 1. The van der Waals surface area contributed by atoms with E-state index >= 15 is 0 Å². The third kappa shape index (κ3) is 4.99. The molecule has 0 aromatic heterocycles. The second kappa shape index (κ2) is 9.00. The van der Waals surface area contributed by atoms with Crippen LogP contribution in [0.2, 0.25) is 0 Å². The van der Waals surface area contributed by atoms with Crippen LogP contribution in [0, 0.1) is 0 Å². The molecule has 156 valence electrons. The van der Waals surface area contributed by atoms with Crippen LogP contribution >= 0.6 is 0 Å². The van der Waals surface area contributed by atoms with E-state index in [4.69, 9.17) is 4.74 Å². The lowest BCUT2D eigenvalue weighted by Crippen LogP contribution is -2.48. The number of hydrogen-bond acceptors (Lipinski definition) is 4. The zero-order valence-electron chi connectivity index (χ0n) is 17.1. The van der Waals surface area contributed by atoms with Crippen molar-refractivity contribution in [1.29, 1.82) is 0 Å². The van der Waals surface area contributed by atoms with Gasteiger partial charge in [0.1, 0.15) is 17.5 Å². The summed E-state index contributed by atoms with van der Waals surface area (Å²) in [6, 6.07) is 24.1. The summed E-state index contributed by atoms with van der Waals surface area (Å²) in [6.07, 6.45) is 1.09. The van der Waals surface area contributed by atoms with E-state index in [1.165, 1.54) is 4.90 Å². The number of likely N-dealkylation sites (N-methyl/N-ethyl adjacent to an activating group) is 1. The molecule has 0 bridgehead atoms. The van der Waals surface area contributed by atoms with E-state index in [0.717, 1.165) is 10.6 Å². The highest BCUT2D eigenvalue weighted by atomic mass is 32.2. The Morgan fingerprint density at radius 1 is 0.800 bits per heavy atom. The molecule has 0 spiro atoms. The van der Waals surface area contributed by atoms with Gasteiger partial charge in [-0.15, -0.1) is 0 Å². The predicted octanol–water partition coefficient (Wildman–Crippen LogP) is 4.30. The highest BCUT2D eigenvalue weighted by Gasteiger charge is 2.31. The lowest BCUT2D eigenvalue weighted by Gasteiger charge is -2.31. The smallest absolute Gasteiger partial charge is 0.250 e. The zero-order chi connectivity index (χ0) is 21.7. The van der Waals surface area contributed by atoms with Crippen LogP contribution in [0.4, 0.5) is 11.4 Å². The summed E-state index contributed by atoms with van der Waals surface area (Å²) in [5.74, 6) is 0.910. The number of carbonyl (C=O) groups is 1. The van der Waals surface area contributed by atoms with Gasteiger partial charge in [0.05, 0.1) is 11.9 Å². The van der Waals surface area contributed by atoms with E-state index in [1.54, 1.807) is 50.4 Å². The molecular formula is C23H24N2O4S. The molecule has 0 N–H and O–H groups in total. The average Bonchev–Trinajstić information content (AvgIpc) is 2.74. The van der Waals surface area contributed by atoms with Crippen LogP contribution in [-0.4, -0.2) is 33.7 Å². The van der Waals surface area contributed by atoms with Crippen LogP contribution < -0.4 is 13.9 Å². The Kier molecular flexibility index (Phi) is 6.42. The predicted molar refractivity (Wildman–Crippen MR) is 120 cm³/mol. The SMILES string of the molecule is C[C@H](C(=O)N(C)c1ccccc1)N(c1ccc(Oc2ccccc2)cc1)S(C)(=O)=O. The molecule has 6 nitrogen and oxygen atoms in total. The minimum absolute atomic E-state index is 0.337. The van der Waals surface area contributed by atoms with Gasteiger partial charge in [-0.1, -0.05) is 36.4 Å². The van der Waals surface area contributed by atoms with E-state index < -0.39 is 16.1 Å². The van der Waals surface area contributed by atoms with Gasteiger partial charge in [0.25, 0.3) is 0 Å². The fourth-order valence-electron chi connectivity index (χ4n) is 3.15. The monoisotopic (exact) mass is 424 g/mol. The molecule has 0 radical (unpaired) electrons. The van der Waals surface area contributed by atoms with E-state index in [0.29, 0.717) is 22.9 Å². The number of rotatable bonds is 7. The number of nitrogens with zero attached hydrogens (tertiary/aromatic N) is 2. The number of para-hydroxylation sites is 2. The van der Waals surface area contributed by atoms with Crippen molar-refractivity contribution in [3.63, 3.8) is 0 Å². The van der Waals surface area contributed by atoms with Gasteiger partial charge < -0.3 is 9.64 Å². The lowest BCUT2D eigenvalue weighted by atomic mass is 10.2. The second-order valence-corrected chi connectivity index (χ2v) is 8.74. The first kappa shape index (κ1) is 21.4. The molecule has 3 aromatic rings. The van der Waals surface area contributed by atoms with Crippen molar-refractivity contribution in [3.05, 3.63) is 84.9 Å². The fourth-order valence-corrected chi connectivity index (χ4v) is 4.32. The van der Waals surface area contributed by atoms with Crippen LogP contribution in [0.1, 0.15) is 6.92 Å². The molecular weight excluding hydrogens is 400 g/mol. The van der Waals surface area contributed by atoms with Gasteiger partial charge in [-0.25, -0.2) is 8.42 Å². The maximum Gasteiger partial charge on any atom is 0.250 e. The van der Waals surface area contributed by atoms with Crippen LogP contribution in [0.5, 0.6) is 11.5 Å². The average molecular weight is 425 g/mol. The summed E-state index contributed by atoms with van der Waals surface area (Å²) in [4.78, 5) is 14.5. The number of ether oxygens (including phenoxy) is 1. The first-order chi connectivity index (χ1) is 14.3. The zero-order valence-corrected chi connectivity index (χ0v) is 17.9. The first-order valence-electron chi connectivity index (χ1n) is 9.42. The van der Waals surface area contributed by atoms with Crippen LogP contribution in [0.25, 0.3) is 0 Å². The molecule has 1 atom stereocenters. The topological polar surface area (TPSA) is 66.9 Å². The molecule has 0 fully saturated rings. The number of amides is 1. The van der Waals surface area contributed by atoms with Crippen molar-refractivity contribution < 1.29 is 17.9 Å². The van der Waals surface area contributed by atoms with E-state index in [2.05, 4.69) is 0 Å². The number of anilines is 2. The van der Waals surface area contributed by atoms with Gasteiger partial charge in [0.15, 0.2) is 0 Å². The molecule has 0 unspecified atom stereocenters. The molecule has 0 aliphatic carbocycles. The molecule has 1 amide bonds. The Labute approximate surface area is 177 Å². The Balaban J connectivity index is 1.84. The van der Waals surface area contributed by atoms with Crippen molar-refractivity contribution >= 4 is 27.3 Å². The minimum atomic E-state index is -3.70. The molecule has 0 saturated carbocycles. The third-order valence-electron chi connectivity index (χ3n) is 4.61. The Morgan fingerprint density at radius 3 is 1.83 bits per heavy atom. The molecule has 0 aliphatic heterocycles. The molecule has 0 heterocycles. The van der Waals surface area contributed by atoms with Gasteiger partial charge in [-0.3, -0.25) is 9.10 Å². The summed E-state index contributed by atoms with van der Waals surface area (Å²) in [5.41, 5.74) is 1.08. The fraction of sp³-hybridized carbons (Fsp3) is 0.174. The van der Waals surface area contributed by atoms with Gasteiger partial charge in [-0.05, 0) is 55.5 Å². The summed E-state index contributed by atoms with van der Waals surface area (Å²) < 4.78 is 32.0. The highest BCUT2D eigenvalue weighted by molar-refractivity contribution is 7.92.